The lowest BCUT2D eigenvalue weighted by Gasteiger charge is -2.02. The molecule has 0 atom stereocenters. The van der Waals surface area contributed by atoms with Crippen molar-refractivity contribution < 1.29 is 25.8 Å². The average Bonchev–Trinajstić information content (AvgIpc) is 2.59. The molecule has 0 bridgehead atoms. The summed E-state index contributed by atoms with van der Waals surface area (Å²) in [5.74, 6) is 0. The largest absolute Gasteiger partial charge is 0.523 e. The molecule has 1 aliphatic rings. The van der Waals surface area contributed by atoms with Gasteiger partial charge < -0.3 is 5.32 Å². The Hall–Kier alpha value is -0.340. The van der Waals surface area contributed by atoms with Gasteiger partial charge in [-0.15, -0.1) is 0 Å². The van der Waals surface area contributed by atoms with Crippen LogP contribution in [-0.2, 0) is 14.3 Å². The quantitative estimate of drug-likeness (QED) is 0.541. The van der Waals surface area contributed by atoms with Crippen LogP contribution in [0, 0.1) is 0 Å². The maximum absolute atomic E-state index is 11.1. The van der Waals surface area contributed by atoms with Crippen LogP contribution in [0.25, 0.3) is 0 Å². The Morgan fingerprint density at radius 1 is 1.21 bits per heavy atom. The SMILES string of the molecule is C1CCNC1.COS(=O)(=O)C(F)(F)F. The van der Waals surface area contributed by atoms with Gasteiger partial charge in [0, 0.05) is 0 Å². The van der Waals surface area contributed by atoms with Gasteiger partial charge in [0.15, 0.2) is 0 Å². The van der Waals surface area contributed by atoms with Crippen LogP contribution in [0.2, 0.25) is 0 Å². The predicted molar refractivity (Wildman–Crippen MR) is 44.1 cm³/mol. The maximum atomic E-state index is 11.1. The third kappa shape index (κ3) is 4.77. The van der Waals surface area contributed by atoms with Gasteiger partial charge in [-0.25, -0.2) is 0 Å². The summed E-state index contributed by atoms with van der Waals surface area (Å²) in [4.78, 5) is 0. The van der Waals surface area contributed by atoms with Crippen LogP contribution in [0.4, 0.5) is 13.2 Å². The molecular formula is C6H12F3NO3S. The van der Waals surface area contributed by atoms with Crippen LogP contribution >= 0.6 is 0 Å². The van der Waals surface area contributed by atoms with Crippen molar-refractivity contribution in [3.63, 3.8) is 0 Å². The molecule has 8 heteroatoms. The molecule has 1 saturated heterocycles. The molecule has 0 amide bonds. The molecule has 0 spiro atoms. The minimum Gasteiger partial charge on any atom is -0.317 e. The molecule has 1 rings (SSSR count). The Morgan fingerprint density at radius 3 is 1.71 bits per heavy atom. The average molecular weight is 235 g/mol. The van der Waals surface area contributed by atoms with Gasteiger partial charge in [0.05, 0.1) is 7.11 Å². The van der Waals surface area contributed by atoms with Gasteiger partial charge in [0.25, 0.3) is 0 Å². The first kappa shape index (κ1) is 13.7. The number of rotatable bonds is 1. The van der Waals surface area contributed by atoms with Crippen LogP contribution in [0.1, 0.15) is 12.8 Å². The van der Waals surface area contributed by atoms with Crippen molar-refractivity contribution in [2.75, 3.05) is 20.2 Å². The Morgan fingerprint density at radius 2 is 1.64 bits per heavy atom. The van der Waals surface area contributed by atoms with E-state index < -0.39 is 15.6 Å². The van der Waals surface area contributed by atoms with Crippen LogP contribution in [0.3, 0.4) is 0 Å². The topological polar surface area (TPSA) is 55.4 Å². The van der Waals surface area contributed by atoms with Crippen molar-refractivity contribution in [1.82, 2.24) is 5.32 Å². The van der Waals surface area contributed by atoms with Crippen molar-refractivity contribution in [3.05, 3.63) is 0 Å². The van der Waals surface area contributed by atoms with E-state index in [1.165, 1.54) is 25.9 Å². The van der Waals surface area contributed by atoms with Crippen molar-refractivity contribution in [2.45, 2.75) is 18.3 Å². The highest BCUT2D eigenvalue weighted by Gasteiger charge is 2.46. The molecule has 1 aliphatic heterocycles. The van der Waals surface area contributed by atoms with Gasteiger partial charge in [0.2, 0.25) is 0 Å². The summed E-state index contributed by atoms with van der Waals surface area (Å²) >= 11 is 0. The van der Waals surface area contributed by atoms with E-state index >= 15 is 0 Å². The zero-order chi connectivity index (χ0) is 11.2. The first-order valence-electron chi connectivity index (χ1n) is 3.89. The molecular weight excluding hydrogens is 223 g/mol. The molecule has 1 heterocycles. The fraction of sp³-hybridized carbons (Fsp3) is 1.00. The van der Waals surface area contributed by atoms with Crippen LogP contribution < -0.4 is 5.32 Å². The number of nitrogens with one attached hydrogen (secondary N) is 1. The van der Waals surface area contributed by atoms with Crippen molar-refractivity contribution in [1.29, 1.82) is 0 Å². The smallest absolute Gasteiger partial charge is 0.317 e. The molecule has 1 fully saturated rings. The fourth-order valence-corrected chi connectivity index (χ4v) is 0.908. The van der Waals surface area contributed by atoms with Gasteiger partial charge in [-0.05, 0) is 25.9 Å². The van der Waals surface area contributed by atoms with Gasteiger partial charge in [-0.1, -0.05) is 0 Å². The minimum atomic E-state index is -5.34. The van der Waals surface area contributed by atoms with E-state index in [0.29, 0.717) is 7.11 Å². The summed E-state index contributed by atoms with van der Waals surface area (Å²) in [5, 5.41) is 3.22. The van der Waals surface area contributed by atoms with Crippen LogP contribution in [0.15, 0.2) is 0 Å². The highest BCUT2D eigenvalue weighted by Crippen LogP contribution is 2.23. The Balaban J connectivity index is 0.000000280. The molecule has 14 heavy (non-hydrogen) atoms. The standard InChI is InChI=1S/C4H9N.C2H3F3O3S/c1-2-4-5-3-1;1-8-9(6,7)2(3,4)5/h5H,1-4H2;1H3. The Kier molecular flexibility index (Phi) is 5.38. The number of alkyl halides is 3. The third-order valence-corrected chi connectivity index (χ3v) is 2.47. The summed E-state index contributed by atoms with van der Waals surface area (Å²) in [5.41, 5.74) is -5.30. The summed E-state index contributed by atoms with van der Waals surface area (Å²) in [6.45, 7) is 2.50. The highest BCUT2D eigenvalue weighted by molar-refractivity contribution is 7.87. The minimum absolute atomic E-state index is 0.447. The van der Waals surface area contributed by atoms with E-state index in [1.54, 1.807) is 0 Å². The van der Waals surface area contributed by atoms with Gasteiger partial charge >= 0.3 is 15.6 Å². The van der Waals surface area contributed by atoms with E-state index in [4.69, 9.17) is 0 Å². The Labute approximate surface area is 80.6 Å². The second kappa shape index (κ2) is 5.52. The van der Waals surface area contributed by atoms with E-state index in [2.05, 4.69) is 9.50 Å². The van der Waals surface area contributed by atoms with E-state index in [0.717, 1.165) is 0 Å². The van der Waals surface area contributed by atoms with Gasteiger partial charge in [0.1, 0.15) is 0 Å². The zero-order valence-electron chi connectivity index (χ0n) is 7.60. The lowest BCUT2D eigenvalue weighted by atomic mass is 10.4. The highest BCUT2D eigenvalue weighted by atomic mass is 32.2. The van der Waals surface area contributed by atoms with E-state index in [9.17, 15) is 21.6 Å². The van der Waals surface area contributed by atoms with Gasteiger partial charge in [-0.2, -0.15) is 21.6 Å². The molecule has 0 saturated carbocycles. The van der Waals surface area contributed by atoms with Crippen LogP contribution in [0.5, 0.6) is 0 Å². The zero-order valence-corrected chi connectivity index (χ0v) is 8.41. The second-order valence-corrected chi connectivity index (χ2v) is 4.23. The number of hydrogen-bond donors (Lipinski definition) is 1. The first-order chi connectivity index (χ1) is 6.31. The summed E-state index contributed by atoms with van der Waals surface area (Å²) < 4.78 is 55.9. The molecule has 0 aromatic rings. The molecule has 1 N–H and O–H groups in total. The van der Waals surface area contributed by atoms with Crippen molar-refractivity contribution in [2.24, 2.45) is 0 Å². The number of hydrogen-bond acceptors (Lipinski definition) is 4. The third-order valence-electron chi connectivity index (χ3n) is 1.46. The van der Waals surface area contributed by atoms with Crippen molar-refractivity contribution in [3.8, 4) is 0 Å². The lowest BCUT2D eigenvalue weighted by molar-refractivity contribution is -0.0526. The summed E-state index contributed by atoms with van der Waals surface area (Å²) in [6, 6.07) is 0. The summed E-state index contributed by atoms with van der Waals surface area (Å²) in [7, 11) is -4.89. The van der Waals surface area contributed by atoms with Gasteiger partial charge in [-0.3, -0.25) is 4.18 Å². The lowest BCUT2D eigenvalue weighted by Crippen LogP contribution is -2.23. The normalized spacial score (nSPS) is 17.4. The second-order valence-electron chi connectivity index (χ2n) is 2.52. The van der Waals surface area contributed by atoms with E-state index in [1.807, 2.05) is 0 Å². The summed E-state index contributed by atoms with van der Waals surface area (Å²) in [6.07, 6.45) is 2.78. The molecule has 0 aromatic carbocycles. The molecule has 0 aliphatic carbocycles. The predicted octanol–water partition coefficient (Wildman–Crippen LogP) is 0.852. The van der Waals surface area contributed by atoms with Crippen molar-refractivity contribution >= 4 is 10.1 Å². The maximum Gasteiger partial charge on any atom is 0.523 e. The monoisotopic (exact) mass is 235 g/mol. The number of halogens is 3. The Bertz CT molecular complexity index is 238. The van der Waals surface area contributed by atoms with Crippen LogP contribution in [-0.4, -0.2) is 34.1 Å². The molecule has 0 radical (unpaired) electrons. The first-order valence-corrected chi connectivity index (χ1v) is 5.29. The molecule has 0 aromatic heterocycles. The molecule has 86 valence electrons. The molecule has 4 nitrogen and oxygen atoms in total. The molecule has 0 unspecified atom stereocenters. The van der Waals surface area contributed by atoms with E-state index in [-0.39, 0.29) is 0 Å². The fourth-order valence-electron chi connectivity index (χ4n) is 0.719.